The summed E-state index contributed by atoms with van der Waals surface area (Å²) in [6.45, 7) is 2.44. The largest absolute Gasteiger partial charge is 0.497 e. The molecule has 184 valence electrons. The lowest BCUT2D eigenvalue weighted by Gasteiger charge is -2.43. The summed E-state index contributed by atoms with van der Waals surface area (Å²) < 4.78 is 39.6. The smallest absolute Gasteiger partial charge is 0.303 e. The number of ether oxygens (including phenoxy) is 7. The van der Waals surface area contributed by atoms with Crippen LogP contribution in [0.4, 0.5) is 0 Å². The minimum absolute atomic E-state index is 0.132. The lowest BCUT2D eigenvalue weighted by atomic mass is 9.99. The predicted octanol–water partition coefficient (Wildman–Crippen LogP) is 3.51. The first-order valence-corrected chi connectivity index (χ1v) is 11.4. The number of carbonyl (C=O) groups is 2. The van der Waals surface area contributed by atoms with E-state index in [4.69, 9.17) is 33.2 Å². The van der Waals surface area contributed by atoms with Gasteiger partial charge in [0.15, 0.2) is 23.3 Å². The summed E-state index contributed by atoms with van der Waals surface area (Å²) in [7, 11) is 3.14. The van der Waals surface area contributed by atoms with Gasteiger partial charge in [0.2, 0.25) is 0 Å². The summed E-state index contributed by atoms with van der Waals surface area (Å²) in [5.74, 6) is 1.34. The van der Waals surface area contributed by atoms with Crippen LogP contribution >= 0.6 is 15.9 Å². The van der Waals surface area contributed by atoms with Crippen LogP contribution in [-0.4, -0.2) is 62.2 Å². The van der Waals surface area contributed by atoms with E-state index in [1.165, 1.54) is 13.8 Å². The number of esters is 2. The predicted molar refractivity (Wildman–Crippen MR) is 125 cm³/mol. The molecule has 10 heteroatoms. The molecule has 0 spiro atoms. The van der Waals surface area contributed by atoms with Gasteiger partial charge in [-0.15, -0.1) is 0 Å². The second-order valence-corrected chi connectivity index (χ2v) is 8.32. The monoisotopic (exact) mass is 538 g/mol. The molecule has 0 amide bonds. The third kappa shape index (κ3) is 6.77. The number of benzene rings is 2. The standard InChI is InChI=1S/C24H27BrO9/c1-14(26)30-13-20-21(31-15(2)27)22(32-18-9-5-16(28-3)6-10-18)23(24(25)34-20)33-19-11-7-17(29-4)8-12-19/h5-12,20-24H,13H2,1-4H3/t20-,21-,22+,23-,24+/m1/s1. The summed E-state index contributed by atoms with van der Waals surface area (Å²) in [6, 6.07) is 14.0. The molecule has 0 aromatic heterocycles. The lowest BCUT2D eigenvalue weighted by Crippen LogP contribution is -2.62. The van der Waals surface area contributed by atoms with E-state index in [9.17, 15) is 9.59 Å². The van der Waals surface area contributed by atoms with Crippen LogP contribution in [0.5, 0.6) is 23.0 Å². The number of hydrogen-bond donors (Lipinski definition) is 0. The molecule has 2 aromatic rings. The van der Waals surface area contributed by atoms with Crippen LogP contribution in [0.15, 0.2) is 48.5 Å². The van der Waals surface area contributed by atoms with Gasteiger partial charge in [0, 0.05) is 13.8 Å². The van der Waals surface area contributed by atoms with Crippen molar-refractivity contribution in [3.63, 3.8) is 0 Å². The van der Waals surface area contributed by atoms with Crippen molar-refractivity contribution in [2.75, 3.05) is 20.8 Å². The van der Waals surface area contributed by atoms with Crippen molar-refractivity contribution < 1.29 is 42.7 Å². The molecule has 3 rings (SSSR count). The molecule has 1 aliphatic rings. The summed E-state index contributed by atoms with van der Waals surface area (Å²) >= 11 is 3.51. The molecule has 1 heterocycles. The molecule has 0 N–H and O–H groups in total. The third-order valence-electron chi connectivity index (χ3n) is 4.99. The molecule has 0 saturated carbocycles. The van der Waals surface area contributed by atoms with Crippen LogP contribution in [0.3, 0.4) is 0 Å². The second kappa shape index (κ2) is 11.9. The van der Waals surface area contributed by atoms with Crippen molar-refractivity contribution in [1.82, 2.24) is 0 Å². The van der Waals surface area contributed by atoms with E-state index >= 15 is 0 Å². The Bertz CT molecular complexity index is 948. The molecule has 2 aromatic carbocycles. The number of hydrogen-bond acceptors (Lipinski definition) is 9. The molecule has 34 heavy (non-hydrogen) atoms. The summed E-state index contributed by atoms with van der Waals surface area (Å²) in [6.07, 6.45) is -3.29. The Morgan fingerprint density at radius 3 is 1.68 bits per heavy atom. The van der Waals surface area contributed by atoms with Crippen molar-refractivity contribution in [3.8, 4) is 23.0 Å². The average molecular weight is 539 g/mol. The maximum absolute atomic E-state index is 12.0. The van der Waals surface area contributed by atoms with Crippen LogP contribution < -0.4 is 18.9 Å². The number of rotatable bonds is 9. The Morgan fingerprint density at radius 1 is 0.765 bits per heavy atom. The van der Waals surface area contributed by atoms with Gasteiger partial charge >= 0.3 is 11.9 Å². The topological polar surface area (TPSA) is 98.8 Å². The second-order valence-electron chi connectivity index (χ2n) is 7.42. The van der Waals surface area contributed by atoms with E-state index in [1.807, 2.05) is 0 Å². The molecule has 1 aliphatic heterocycles. The van der Waals surface area contributed by atoms with Gasteiger partial charge in [-0.1, -0.05) is 15.9 Å². The molecule has 1 saturated heterocycles. The molecule has 5 atom stereocenters. The minimum Gasteiger partial charge on any atom is -0.497 e. The van der Waals surface area contributed by atoms with Gasteiger partial charge in [-0.05, 0) is 48.5 Å². The quantitative estimate of drug-likeness (QED) is 0.350. The molecular weight excluding hydrogens is 512 g/mol. The first-order valence-electron chi connectivity index (χ1n) is 10.5. The zero-order chi connectivity index (χ0) is 24.7. The number of methoxy groups -OCH3 is 2. The number of carbonyl (C=O) groups excluding carboxylic acids is 2. The first-order chi connectivity index (χ1) is 16.3. The van der Waals surface area contributed by atoms with Gasteiger partial charge in [-0.2, -0.15) is 0 Å². The van der Waals surface area contributed by atoms with Gasteiger partial charge in [0.25, 0.3) is 0 Å². The molecule has 0 aliphatic carbocycles. The van der Waals surface area contributed by atoms with Crippen molar-refractivity contribution >= 4 is 27.9 Å². The zero-order valence-corrected chi connectivity index (χ0v) is 20.9. The highest BCUT2D eigenvalue weighted by atomic mass is 79.9. The van der Waals surface area contributed by atoms with Crippen molar-refractivity contribution in [2.24, 2.45) is 0 Å². The van der Waals surface area contributed by atoms with Crippen LogP contribution in [0.1, 0.15) is 13.8 Å². The highest BCUT2D eigenvalue weighted by Gasteiger charge is 2.50. The Labute approximate surface area is 206 Å². The first kappa shape index (κ1) is 25.6. The van der Waals surface area contributed by atoms with Crippen molar-refractivity contribution in [1.29, 1.82) is 0 Å². The van der Waals surface area contributed by atoms with Gasteiger partial charge in [-0.3, -0.25) is 9.59 Å². The molecule has 0 radical (unpaired) electrons. The maximum atomic E-state index is 12.0. The van der Waals surface area contributed by atoms with Crippen molar-refractivity contribution in [3.05, 3.63) is 48.5 Å². The highest BCUT2D eigenvalue weighted by Crippen LogP contribution is 2.34. The van der Waals surface area contributed by atoms with Gasteiger partial charge in [0.1, 0.15) is 35.7 Å². The summed E-state index contributed by atoms with van der Waals surface area (Å²) in [5.41, 5.74) is 0. The molecule has 1 fully saturated rings. The molecule has 0 bridgehead atoms. The molecule has 0 unspecified atom stereocenters. The highest BCUT2D eigenvalue weighted by molar-refractivity contribution is 9.09. The van der Waals surface area contributed by atoms with Crippen LogP contribution in [0.2, 0.25) is 0 Å². The average Bonchev–Trinajstić information content (AvgIpc) is 2.82. The van der Waals surface area contributed by atoms with Gasteiger partial charge < -0.3 is 33.2 Å². The van der Waals surface area contributed by atoms with E-state index in [0.717, 1.165) is 0 Å². The van der Waals surface area contributed by atoms with E-state index in [0.29, 0.717) is 23.0 Å². The third-order valence-corrected chi connectivity index (χ3v) is 5.73. The maximum Gasteiger partial charge on any atom is 0.303 e. The van der Waals surface area contributed by atoms with Crippen LogP contribution in [0.25, 0.3) is 0 Å². The number of halogens is 1. The lowest BCUT2D eigenvalue weighted by molar-refractivity contribution is -0.211. The van der Waals surface area contributed by atoms with E-state index in [2.05, 4.69) is 15.9 Å². The fraction of sp³-hybridized carbons (Fsp3) is 0.417. The molecule has 9 nitrogen and oxygen atoms in total. The summed E-state index contributed by atoms with van der Waals surface area (Å²) in [5, 5.41) is -0.676. The normalized spacial score (nSPS) is 24.0. The van der Waals surface area contributed by atoms with E-state index in [-0.39, 0.29) is 6.61 Å². The fourth-order valence-electron chi connectivity index (χ4n) is 3.42. The Hall–Kier alpha value is -2.98. The van der Waals surface area contributed by atoms with E-state index < -0.39 is 41.4 Å². The Morgan fingerprint density at radius 2 is 1.24 bits per heavy atom. The van der Waals surface area contributed by atoms with Crippen LogP contribution in [0, 0.1) is 0 Å². The van der Waals surface area contributed by atoms with Gasteiger partial charge in [0.05, 0.1) is 14.2 Å². The van der Waals surface area contributed by atoms with Crippen molar-refractivity contribution in [2.45, 2.75) is 43.3 Å². The Kier molecular flexibility index (Phi) is 9.00. The molecular formula is C24H27BrO9. The zero-order valence-electron chi connectivity index (χ0n) is 19.3. The van der Waals surface area contributed by atoms with Crippen LogP contribution in [-0.2, 0) is 23.8 Å². The minimum atomic E-state index is -0.934. The number of alkyl halides is 1. The summed E-state index contributed by atoms with van der Waals surface area (Å²) in [4.78, 5) is 23.4. The fourth-order valence-corrected chi connectivity index (χ4v) is 4.10. The van der Waals surface area contributed by atoms with Gasteiger partial charge in [-0.25, -0.2) is 0 Å². The SMILES string of the molecule is COc1ccc(O[C@@H]2[C@@H](Oc3ccc(OC)cc3)[C@@H](Br)O[C@H](COC(C)=O)[C@H]2OC(C)=O)cc1. The van der Waals surface area contributed by atoms with E-state index in [1.54, 1.807) is 62.8 Å². The Balaban J connectivity index is 1.93.